The number of anilines is 1. The van der Waals surface area contributed by atoms with Gasteiger partial charge in [-0.3, -0.25) is 0 Å². The van der Waals surface area contributed by atoms with Gasteiger partial charge in [-0.15, -0.1) is 0 Å². The molecule has 6 nitrogen and oxygen atoms in total. The van der Waals surface area contributed by atoms with Gasteiger partial charge in [-0.2, -0.15) is 5.10 Å². The first-order valence-electron chi connectivity index (χ1n) is 6.12. The fourth-order valence-electron chi connectivity index (χ4n) is 2.09. The van der Waals surface area contributed by atoms with Crippen molar-refractivity contribution in [2.75, 3.05) is 12.8 Å². The van der Waals surface area contributed by atoms with Crippen molar-refractivity contribution < 1.29 is 9.13 Å². The summed E-state index contributed by atoms with van der Waals surface area (Å²) in [5, 5.41) is 11.3. The zero-order valence-corrected chi connectivity index (χ0v) is 11.2. The van der Waals surface area contributed by atoms with E-state index in [2.05, 4.69) is 10.1 Å². The quantitative estimate of drug-likeness (QED) is 0.721. The average molecular weight is 285 g/mol. The van der Waals surface area contributed by atoms with Crippen LogP contribution in [0.1, 0.15) is 5.56 Å². The predicted octanol–water partition coefficient (Wildman–Crippen LogP) is 2.12. The normalized spacial score (nSPS) is 10.8. The molecular formula is C14H12FN5O. The number of nitrogens with two attached hydrogens (primary N) is 1. The molecule has 0 saturated carbocycles. The van der Waals surface area contributed by atoms with E-state index in [-0.39, 0.29) is 17.1 Å². The molecule has 0 amide bonds. The van der Waals surface area contributed by atoms with Crippen LogP contribution in [-0.2, 0) is 0 Å². The molecule has 7 heteroatoms. The number of nitrogens with one attached hydrogen (secondary N) is 1. The summed E-state index contributed by atoms with van der Waals surface area (Å²) in [6.07, 6.45) is 4.20. The van der Waals surface area contributed by atoms with Crippen molar-refractivity contribution in [2.24, 2.45) is 0 Å². The Kier molecular flexibility index (Phi) is 3.02. The maximum Gasteiger partial charge on any atom is 0.150 e. The van der Waals surface area contributed by atoms with Crippen LogP contribution in [0.5, 0.6) is 5.75 Å². The lowest BCUT2D eigenvalue weighted by molar-refractivity contribution is 0.414. The van der Waals surface area contributed by atoms with Crippen LogP contribution in [0.2, 0.25) is 0 Å². The maximum atomic E-state index is 14.2. The Balaban J connectivity index is 2.25. The third-order valence-corrected chi connectivity index (χ3v) is 3.18. The summed E-state index contributed by atoms with van der Waals surface area (Å²) < 4.78 is 21.0. The Morgan fingerprint density at radius 3 is 2.95 bits per heavy atom. The van der Waals surface area contributed by atoms with Crippen molar-refractivity contribution in [1.29, 1.82) is 5.41 Å². The summed E-state index contributed by atoms with van der Waals surface area (Å²) in [5.74, 6) is 0.179. The zero-order chi connectivity index (χ0) is 15.0. The highest BCUT2D eigenvalue weighted by molar-refractivity contribution is 5.86. The number of rotatable bonds is 3. The third kappa shape index (κ3) is 2.08. The zero-order valence-electron chi connectivity index (χ0n) is 11.2. The Morgan fingerprint density at radius 1 is 1.43 bits per heavy atom. The Bertz CT molecular complexity index is 843. The van der Waals surface area contributed by atoms with Gasteiger partial charge in [0.1, 0.15) is 23.1 Å². The van der Waals surface area contributed by atoms with Gasteiger partial charge in [0, 0.05) is 29.6 Å². The molecule has 0 saturated heterocycles. The van der Waals surface area contributed by atoms with Crippen molar-refractivity contribution in [2.45, 2.75) is 0 Å². The van der Waals surface area contributed by atoms with Crippen LogP contribution in [0.15, 0.2) is 30.6 Å². The number of pyridine rings is 2. The van der Waals surface area contributed by atoms with Crippen molar-refractivity contribution in [3.05, 3.63) is 42.0 Å². The minimum Gasteiger partial charge on any atom is -0.497 e. The molecule has 0 unspecified atom stereocenters. The van der Waals surface area contributed by atoms with Gasteiger partial charge in [0.2, 0.25) is 0 Å². The van der Waals surface area contributed by atoms with Crippen molar-refractivity contribution in [3.63, 3.8) is 0 Å². The number of nitrogens with zero attached hydrogens (tertiary/aromatic N) is 3. The van der Waals surface area contributed by atoms with E-state index in [0.29, 0.717) is 16.8 Å². The highest BCUT2D eigenvalue weighted by Crippen LogP contribution is 2.29. The molecule has 21 heavy (non-hydrogen) atoms. The summed E-state index contributed by atoms with van der Waals surface area (Å²) >= 11 is 0. The second-order valence-corrected chi connectivity index (χ2v) is 4.39. The lowest BCUT2D eigenvalue weighted by Gasteiger charge is -2.06. The summed E-state index contributed by atoms with van der Waals surface area (Å²) in [4.78, 5) is 4.05. The maximum absolute atomic E-state index is 14.2. The Hall–Kier alpha value is -2.96. The number of fused-ring (bicyclic) bond motifs is 1. The molecular weight excluding hydrogens is 273 g/mol. The highest BCUT2D eigenvalue weighted by Gasteiger charge is 2.15. The van der Waals surface area contributed by atoms with Gasteiger partial charge in [-0.25, -0.2) is 13.9 Å². The first-order chi connectivity index (χ1) is 10.1. The first-order valence-corrected chi connectivity index (χ1v) is 6.12. The topological polar surface area (TPSA) is 89.3 Å². The van der Waals surface area contributed by atoms with Gasteiger partial charge in [0.25, 0.3) is 0 Å². The minimum atomic E-state index is -0.555. The van der Waals surface area contributed by atoms with E-state index >= 15 is 0 Å². The molecule has 3 heterocycles. The second-order valence-electron chi connectivity index (χ2n) is 4.39. The molecule has 0 aliphatic rings. The van der Waals surface area contributed by atoms with Gasteiger partial charge in [0.05, 0.1) is 18.8 Å². The minimum absolute atomic E-state index is 0.0985. The van der Waals surface area contributed by atoms with E-state index in [1.807, 2.05) is 0 Å². The van der Waals surface area contributed by atoms with Crippen LogP contribution in [0, 0.1) is 11.2 Å². The average Bonchev–Trinajstić information content (AvgIpc) is 2.91. The number of nitrogen functional groups attached to an aromatic ring is 1. The van der Waals surface area contributed by atoms with E-state index in [4.69, 9.17) is 15.9 Å². The molecule has 0 atom stereocenters. The van der Waals surface area contributed by atoms with E-state index in [9.17, 15) is 4.39 Å². The largest absolute Gasteiger partial charge is 0.497 e. The number of hydrogen-bond donors (Lipinski definition) is 2. The second kappa shape index (κ2) is 4.86. The van der Waals surface area contributed by atoms with Gasteiger partial charge in [0.15, 0.2) is 0 Å². The standard InChI is InChI=1S/C14H12FN5O/c1-21-9-2-3-20-12(5-9)10(7-18-20)13-11(15)4-8(6-16)14(17)19-13/h2-7,16H,1H3,(H2,17,19). The third-order valence-electron chi connectivity index (χ3n) is 3.18. The van der Waals surface area contributed by atoms with Crippen molar-refractivity contribution >= 4 is 17.5 Å². The monoisotopic (exact) mass is 285 g/mol. The van der Waals surface area contributed by atoms with Crippen molar-refractivity contribution in [1.82, 2.24) is 14.6 Å². The molecule has 0 aliphatic carbocycles. The fourth-order valence-corrected chi connectivity index (χ4v) is 2.09. The lowest BCUT2D eigenvalue weighted by atomic mass is 10.1. The molecule has 0 spiro atoms. The molecule has 3 aromatic rings. The van der Waals surface area contributed by atoms with E-state index < -0.39 is 5.82 Å². The molecule has 106 valence electrons. The SMILES string of the molecule is COc1ccn2ncc(-c3nc(N)c(C=N)cc3F)c2c1. The van der Waals surface area contributed by atoms with Crippen LogP contribution in [0.25, 0.3) is 16.8 Å². The molecule has 3 N–H and O–H groups in total. The molecule has 0 aromatic carbocycles. The molecule has 0 bridgehead atoms. The van der Waals surface area contributed by atoms with Gasteiger partial charge < -0.3 is 15.9 Å². The Morgan fingerprint density at radius 2 is 2.24 bits per heavy atom. The van der Waals surface area contributed by atoms with Crippen LogP contribution < -0.4 is 10.5 Å². The van der Waals surface area contributed by atoms with Crippen LogP contribution in [-0.4, -0.2) is 27.9 Å². The van der Waals surface area contributed by atoms with Crippen LogP contribution in [0.3, 0.4) is 0 Å². The van der Waals surface area contributed by atoms with Crippen molar-refractivity contribution in [3.8, 4) is 17.0 Å². The molecule has 0 fully saturated rings. The number of hydrogen-bond acceptors (Lipinski definition) is 5. The van der Waals surface area contributed by atoms with Gasteiger partial charge >= 0.3 is 0 Å². The summed E-state index contributed by atoms with van der Waals surface area (Å²) in [6, 6.07) is 4.68. The number of halogens is 1. The van der Waals surface area contributed by atoms with Crippen LogP contribution in [0.4, 0.5) is 10.2 Å². The number of aromatic nitrogens is 3. The summed E-state index contributed by atoms with van der Waals surface area (Å²) in [5.41, 5.74) is 7.23. The van der Waals surface area contributed by atoms with Gasteiger partial charge in [-0.1, -0.05) is 0 Å². The predicted molar refractivity (Wildman–Crippen MR) is 77.2 cm³/mol. The summed E-state index contributed by atoms with van der Waals surface area (Å²) in [7, 11) is 1.55. The molecule has 3 aromatic heterocycles. The fraction of sp³-hybridized carbons (Fsp3) is 0.0714. The molecule has 3 rings (SSSR count). The smallest absolute Gasteiger partial charge is 0.150 e. The first kappa shape index (κ1) is 13.0. The van der Waals surface area contributed by atoms with Gasteiger partial charge in [-0.05, 0) is 12.1 Å². The molecule has 0 aliphatic heterocycles. The van der Waals surface area contributed by atoms with E-state index in [1.165, 1.54) is 12.3 Å². The lowest BCUT2D eigenvalue weighted by Crippen LogP contribution is -2.01. The van der Waals surface area contributed by atoms with E-state index in [0.717, 1.165) is 6.21 Å². The highest BCUT2D eigenvalue weighted by atomic mass is 19.1. The Labute approximate surface area is 119 Å². The molecule has 0 radical (unpaired) electrons. The van der Waals surface area contributed by atoms with Crippen LogP contribution >= 0.6 is 0 Å². The number of ether oxygens (including phenoxy) is 1. The summed E-state index contributed by atoms with van der Waals surface area (Å²) in [6.45, 7) is 0. The number of methoxy groups -OCH3 is 1. The van der Waals surface area contributed by atoms with E-state index in [1.54, 1.807) is 30.0 Å².